The highest BCUT2D eigenvalue weighted by molar-refractivity contribution is 7.47. The van der Waals surface area contributed by atoms with Crippen molar-refractivity contribution in [2.45, 2.75) is 13.2 Å². The van der Waals surface area contributed by atoms with Gasteiger partial charge in [-0.25, -0.2) is 13.7 Å². The van der Waals surface area contributed by atoms with Gasteiger partial charge >= 0.3 is 7.82 Å². The van der Waals surface area contributed by atoms with E-state index < -0.39 is 7.82 Å². The van der Waals surface area contributed by atoms with E-state index in [-0.39, 0.29) is 6.73 Å². The van der Waals surface area contributed by atoms with Crippen LogP contribution in [-0.4, -0.2) is 22.1 Å². The summed E-state index contributed by atoms with van der Waals surface area (Å²) in [5.74, 6) is 0.784. The Balaban J connectivity index is 1.48. The van der Waals surface area contributed by atoms with Crippen molar-refractivity contribution < 1.29 is 27.6 Å². The third-order valence-corrected chi connectivity index (χ3v) is 5.79. The number of anilines is 1. The van der Waals surface area contributed by atoms with Crippen molar-refractivity contribution >= 4 is 13.6 Å². The van der Waals surface area contributed by atoms with Crippen molar-refractivity contribution in [3.05, 3.63) is 84.4 Å². The van der Waals surface area contributed by atoms with Gasteiger partial charge in [-0.05, 0) is 41.0 Å². The maximum atomic E-state index is 11.5. The number of benzene rings is 1. The zero-order valence-corrected chi connectivity index (χ0v) is 18.2. The maximum absolute atomic E-state index is 11.5. The number of nitrogens with two attached hydrogens (primary N) is 1. The number of nitrogen functional groups attached to an aromatic ring is 1. The maximum Gasteiger partial charge on any atom is 0.475 e. The monoisotopic (exact) mass is 453 g/mol. The Morgan fingerprint density at radius 1 is 1.12 bits per heavy atom. The molecule has 32 heavy (non-hydrogen) atoms. The molecule has 0 aliphatic rings. The van der Waals surface area contributed by atoms with Crippen molar-refractivity contribution in [3.8, 4) is 22.5 Å². The Morgan fingerprint density at radius 2 is 1.84 bits per heavy atom. The Kier molecular flexibility index (Phi) is 6.43. The minimum absolute atomic E-state index is 0.258. The second-order valence-corrected chi connectivity index (χ2v) is 8.54. The number of phosphoric ester groups is 1. The van der Waals surface area contributed by atoms with Crippen LogP contribution in [0.4, 0.5) is 5.82 Å². The van der Waals surface area contributed by atoms with Gasteiger partial charge in [-0.1, -0.05) is 29.4 Å². The lowest BCUT2D eigenvalue weighted by atomic mass is 10.0. The molecule has 9 nitrogen and oxygen atoms in total. The fraction of sp³-hybridized carbons (Fsp3) is 0.136. The van der Waals surface area contributed by atoms with Gasteiger partial charge in [0, 0.05) is 32.0 Å². The molecule has 3 aromatic heterocycles. The van der Waals surface area contributed by atoms with Gasteiger partial charge in [0.05, 0.1) is 11.9 Å². The molecule has 1 atom stereocenters. The lowest BCUT2D eigenvalue weighted by molar-refractivity contribution is -0.711. The predicted molar refractivity (Wildman–Crippen MR) is 117 cm³/mol. The summed E-state index contributed by atoms with van der Waals surface area (Å²) in [7, 11) is -3.03. The highest BCUT2D eigenvalue weighted by Gasteiger charge is 2.22. The molecule has 0 aliphatic heterocycles. The van der Waals surface area contributed by atoms with Gasteiger partial charge in [-0.3, -0.25) is 15.2 Å². The molecular formula is C22H22N4O5P+. The van der Waals surface area contributed by atoms with E-state index in [9.17, 15) is 9.46 Å². The van der Waals surface area contributed by atoms with Gasteiger partial charge in [-0.15, -0.1) is 0 Å². The molecule has 1 aromatic carbocycles. The average Bonchev–Trinajstić information content (AvgIpc) is 3.27. The fourth-order valence-corrected chi connectivity index (χ4v) is 3.54. The van der Waals surface area contributed by atoms with Gasteiger partial charge in [0.1, 0.15) is 5.56 Å². The summed E-state index contributed by atoms with van der Waals surface area (Å²) in [4.78, 5) is 13.5. The smallest absolute Gasteiger partial charge is 0.356 e. The van der Waals surface area contributed by atoms with Crippen LogP contribution < -0.4 is 10.3 Å². The Morgan fingerprint density at radius 3 is 2.56 bits per heavy atom. The van der Waals surface area contributed by atoms with Crippen LogP contribution in [0.3, 0.4) is 0 Å². The number of hydrogen-bond acceptors (Lipinski definition) is 7. The zero-order valence-electron chi connectivity index (χ0n) is 17.3. The molecule has 0 amide bonds. The van der Waals surface area contributed by atoms with Crippen molar-refractivity contribution in [2.24, 2.45) is 0 Å². The minimum Gasteiger partial charge on any atom is -0.356 e. The van der Waals surface area contributed by atoms with E-state index in [1.165, 1.54) is 4.57 Å². The number of phosphoric acid groups is 1. The van der Waals surface area contributed by atoms with E-state index in [1.54, 1.807) is 30.7 Å². The topological polar surface area (TPSA) is 125 Å². The summed E-state index contributed by atoms with van der Waals surface area (Å²) in [5.41, 5.74) is 10.8. The SMILES string of the molecule is COP(=O)(O)OC[n+]1cccc(-c2cc(Cc3ccc(-c4ccncc4)cc3)no2)c1N. The van der Waals surface area contributed by atoms with E-state index in [4.69, 9.17) is 14.8 Å². The highest BCUT2D eigenvalue weighted by atomic mass is 31.2. The third kappa shape index (κ3) is 5.09. The first-order chi connectivity index (χ1) is 15.4. The highest BCUT2D eigenvalue weighted by Crippen LogP contribution is 2.41. The van der Waals surface area contributed by atoms with Crippen LogP contribution in [0.5, 0.6) is 0 Å². The first-order valence-corrected chi connectivity index (χ1v) is 11.2. The molecule has 1 unspecified atom stereocenters. The number of pyridine rings is 2. The van der Waals surface area contributed by atoms with Crippen LogP contribution in [0.15, 0.2) is 77.7 Å². The molecule has 0 fully saturated rings. The standard InChI is InChI=1S/C22H21N4O5P/c1-29-32(27,28)30-15-26-12-2-3-20(22(26)23)21-14-19(25-31-21)13-16-4-6-17(7-5-16)18-8-10-24-11-9-18/h2-12,14,23H,13,15H2,1H3,(H,27,28)/p+1. The second-order valence-electron chi connectivity index (χ2n) is 6.98. The third-order valence-electron chi connectivity index (χ3n) is 4.88. The molecule has 0 aliphatic carbocycles. The second kappa shape index (κ2) is 9.42. The van der Waals surface area contributed by atoms with E-state index in [1.807, 2.05) is 18.2 Å². The van der Waals surface area contributed by atoms with E-state index >= 15 is 0 Å². The summed E-state index contributed by atoms with van der Waals surface area (Å²) in [6, 6.07) is 17.5. The summed E-state index contributed by atoms with van der Waals surface area (Å²) in [5, 5.41) is 4.15. The molecule has 3 N–H and O–H groups in total. The molecule has 0 saturated heterocycles. The summed E-state index contributed by atoms with van der Waals surface area (Å²) in [6.07, 6.45) is 5.75. The minimum atomic E-state index is -4.12. The van der Waals surface area contributed by atoms with Gasteiger partial charge in [0.25, 0.3) is 5.82 Å². The van der Waals surface area contributed by atoms with Gasteiger partial charge < -0.3 is 9.42 Å². The van der Waals surface area contributed by atoms with Crippen molar-refractivity contribution in [1.29, 1.82) is 0 Å². The molecule has 0 spiro atoms. The number of aromatic nitrogens is 3. The average molecular weight is 453 g/mol. The Bertz CT molecular complexity index is 1240. The van der Waals surface area contributed by atoms with E-state index in [0.29, 0.717) is 23.6 Å². The summed E-state index contributed by atoms with van der Waals surface area (Å²) < 4.78 is 27.8. The van der Waals surface area contributed by atoms with Crippen LogP contribution in [0.25, 0.3) is 22.5 Å². The van der Waals surface area contributed by atoms with E-state index in [0.717, 1.165) is 29.5 Å². The van der Waals surface area contributed by atoms with Crippen LogP contribution >= 0.6 is 7.82 Å². The van der Waals surface area contributed by atoms with Crippen LogP contribution in [0.2, 0.25) is 0 Å². The van der Waals surface area contributed by atoms with Crippen molar-refractivity contribution in [2.75, 3.05) is 12.8 Å². The molecule has 0 saturated carbocycles. The molecule has 3 heterocycles. The van der Waals surface area contributed by atoms with Crippen LogP contribution in [0, 0.1) is 0 Å². The lowest BCUT2D eigenvalue weighted by Gasteiger charge is -2.09. The number of rotatable bonds is 8. The molecule has 10 heteroatoms. The van der Waals surface area contributed by atoms with Crippen LogP contribution in [0.1, 0.15) is 11.3 Å². The molecular weight excluding hydrogens is 431 g/mol. The van der Waals surface area contributed by atoms with Gasteiger partial charge in [-0.2, -0.15) is 0 Å². The first kappa shape index (κ1) is 21.9. The summed E-state index contributed by atoms with van der Waals surface area (Å²) in [6.45, 7) is -0.258. The van der Waals surface area contributed by atoms with Crippen molar-refractivity contribution in [3.63, 3.8) is 0 Å². The molecule has 0 bridgehead atoms. The summed E-state index contributed by atoms with van der Waals surface area (Å²) >= 11 is 0. The first-order valence-electron chi connectivity index (χ1n) is 9.71. The largest absolute Gasteiger partial charge is 0.475 e. The Labute approximate surface area is 184 Å². The molecule has 0 radical (unpaired) electrons. The zero-order chi connectivity index (χ0) is 22.6. The Hall–Kier alpha value is -3.36. The van der Waals surface area contributed by atoms with Crippen LogP contribution in [-0.2, 0) is 26.8 Å². The quantitative estimate of drug-likeness (QED) is 0.306. The predicted octanol–water partition coefficient (Wildman–Crippen LogP) is 3.59. The van der Waals surface area contributed by atoms with Gasteiger partial charge in [0.15, 0.2) is 5.76 Å². The van der Waals surface area contributed by atoms with E-state index in [2.05, 4.69) is 38.9 Å². The molecule has 164 valence electrons. The molecule has 4 aromatic rings. The number of nitrogens with zero attached hydrogens (tertiary/aromatic N) is 3. The number of hydrogen-bond donors (Lipinski definition) is 2. The van der Waals surface area contributed by atoms with Gasteiger partial charge in [0.2, 0.25) is 6.73 Å². The fourth-order valence-electron chi connectivity index (χ4n) is 3.16. The lowest BCUT2D eigenvalue weighted by Crippen LogP contribution is -2.38. The normalized spacial score (nSPS) is 13.1. The molecule has 4 rings (SSSR count). The van der Waals surface area contributed by atoms with Crippen molar-refractivity contribution in [1.82, 2.24) is 10.1 Å².